The Morgan fingerprint density at radius 2 is 1.79 bits per heavy atom. The summed E-state index contributed by atoms with van der Waals surface area (Å²) in [5.74, 6) is -1.25. The van der Waals surface area contributed by atoms with Crippen molar-refractivity contribution in [3.8, 4) is 0 Å². The maximum atomic E-state index is 12.1. The Kier molecular flexibility index (Phi) is 4.38. The highest BCUT2D eigenvalue weighted by Crippen LogP contribution is 2.19. The summed E-state index contributed by atoms with van der Waals surface area (Å²) in [5.41, 5.74) is 0. The Balaban J connectivity index is 4.53. The number of rotatable bonds is 4. The van der Waals surface area contributed by atoms with Crippen LogP contribution >= 0.6 is 0 Å². The van der Waals surface area contributed by atoms with Gasteiger partial charge in [-0.15, -0.1) is 0 Å². The summed E-state index contributed by atoms with van der Waals surface area (Å²) >= 11 is 0. The summed E-state index contributed by atoms with van der Waals surface area (Å²) in [6.45, 7) is 3.11. The van der Waals surface area contributed by atoms with Gasteiger partial charge in [0.1, 0.15) is 6.04 Å². The summed E-state index contributed by atoms with van der Waals surface area (Å²) in [4.78, 5) is 11.4. The van der Waals surface area contributed by atoms with Crippen LogP contribution in [0.2, 0.25) is 0 Å². The normalized spacial score (nSPS) is 14.9. The third kappa shape index (κ3) is 4.45. The molecule has 0 bridgehead atoms. The van der Waals surface area contributed by atoms with Gasteiger partial charge in [0.05, 0.1) is 6.54 Å². The molecule has 0 amide bonds. The zero-order valence-corrected chi connectivity index (χ0v) is 8.30. The van der Waals surface area contributed by atoms with Gasteiger partial charge in [-0.25, -0.2) is 0 Å². The number of carboxylic acids is 1. The molecule has 0 fully saturated rings. The quantitative estimate of drug-likeness (QED) is 0.773. The monoisotopic (exact) mass is 213 g/mol. The van der Waals surface area contributed by atoms with Crippen LogP contribution < -0.4 is 0 Å². The first-order valence-electron chi connectivity index (χ1n) is 4.20. The molecule has 0 rings (SSSR count). The highest BCUT2D eigenvalue weighted by atomic mass is 19.4. The number of alkyl halides is 3. The fraction of sp³-hybridized carbons (Fsp3) is 0.875. The Morgan fingerprint density at radius 3 is 2.00 bits per heavy atom. The van der Waals surface area contributed by atoms with Crippen molar-refractivity contribution < 1.29 is 23.1 Å². The second kappa shape index (κ2) is 4.63. The van der Waals surface area contributed by atoms with Crippen LogP contribution in [0.15, 0.2) is 0 Å². The summed E-state index contributed by atoms with van der Waals surface area (Å²) in [7, 11) is 0. The predicted molar refractivity (Wildman–Crippen MR) is 45.0 cm³/mol. The van der Waals surface area contributed by atoms with E-state index >= 15 is 0 Å². The van der Waals surface area contributed by atoms with Crippen LogP contribution in [0.1, 0.15) is 20.8 Å². The number of halogens is 3. The molecule has 1 atom stereocenters. The number of carbonyl (C=O) groups is 1. The van der Waals surface area contributed by atoms with Gasteiger partial charge in [-0.2, -0.15) is 13.2 Å². The lowest BCUT2D eigenvalue weighted by Crippen LogP contribution is -2.47. The molecule has 6 heteroatoms. The highest BCUT2D eigenvalue weighted by Gasteiger charge is 2.35. The topological polar surface area (TPSA) is 40.5 Å². The fourth-order valence-corrected chi connectivity index (χ4v) is 1.12. The summed E-state index contributed by atoms with van der Waals surface area (Å²) in [5, 5.41) is 8.59. The summed E-state index contributed by atoms with van der Waals surface area (Å²) in [6.07, 6.45) is -4.37. The first-order chi connectivity index (χ1) is 6.15. The standard InChI is InChI=1S/C8H14F3NO2/c1-5(2)12(4-8(9,10)11)6(3)7(13)14/h5-6H,4H2,1-3H3,(H,13,14). The van der Waals surface area contributed by atoms with E-state index in [9.17, 15) is 18.0 Å². The van der Waals surface area contributed by atoms with Crippen molar-refractivity contribution in [2.75, 3.05) is 6.54 Å². The van der Waals surface area contributed by atoms with Gasteiger partial charge in [-0.3, -0.25) is 9.69 Å². The molecule has 0 aromatic heterocycles. The van der Waals surface area contributed by atoms with Crippen molar-refractivity contribution in [1.29, 1.82) is 0 Å². The summed E-state index contributed by atoms with van der Waals surface area (Å²) in [6, 6.07) is -1.58. The van der Waals surface area contributed by atoms with Crippen molar-refractivity contribution in [1.82, 2.24) is 4.90 Å². The first kappa shape index (κ1) is 13.2. The molecule has 3 nitrogen and oxygen atoms in total. The molecule has 0 saturated carbocycles. The molecular weight excluding hydrogens is 199 g/mol. The third-order valence-electron chi connectivity index (χ3n) is 1.88. The number of aliphatic carboxylic acids is 1. The lowest BCUT2D eigenvalue weighted by Gasteiger charge is -2.30. The van der Waals surface area contributed by atoms with Crippen LogP contribution in [0.5, 0.6) is 0 Å². The Bertz CT molecular complexity index is 203. The van der Waals surface area contributed by atoms with E-state index in [4.69, 9.17) is 5.11 Å². The largest absolute Gasteiger partial charge is 0.480 e. The van der Waals surface area contributed by atoms with Gasteiger partial charge in [-0.1, -0.05) is 0 Å². The maximum Gasteiger partial charge on any atom is 0.401 e. The van der Waals surface area contributed by atoms with E-state index < -0.39 is 30.8 Å². The van der Waals surface area contributed by atoms with E-state index in [1.165, 1.54) is 20.8 Å². The van der Waals surface area contributed by atoms with Crippen molar-refractivity contribution in [3.05, 3.63) is 0 Å². The average molecular weight is 213 g/mol. The van der Waals surface area contributed by atoms with Gasteiger partial charge in [-0.05, 0) is 20.8 Å². The zero-order chi connectivity index (χ0) is 11.5. The van der Waals surface area contributed by atoms with Crippen LogP contribution in [0.3, 0.4) is 0 Å². The molecular formula is C8H14F3NO2. The van der Waals surface area contributed by atoms with Crippen LogP contribution in [-0.2, 0) is 4.79 Å². The Hall–Kier alpha value is -0.780. The number of carboxylic acid groups (broad SMARTS) is 1. The van der Waals surface area contributed by atoms with Crippen LogP contribution in [-0.4, -0.2) is 40.8 Å². The van der Waals surface area contributed by atoms with E-state index in [1.54, 1.807) is 0 Å². The van der Waals surface area contributed by atoms with E-state index in [1.807, 2.05) is 0 Å². The minimum Gasteiger partial charge on any atom is -0.480 e. The highest BCUT2D eigenvalue weighted by molar-refractivity contribution is 5.72. The zero-order valence-electron chi connectivity index (χ0n) is 8.30. The molecule has 0 aliphatic rings. The lowest BCUT2D eigenvalue weighted by atomic mass is 10.2. The maximum absolute atomic E-state index is 12.1. The van der Waals surface area contributed by atoms with Gasteiger partial charge < -0.3 is 5.11 Å². The smallest absolute Gasteiger partial charge is 0.401 e. The Labute approximate surface area is 80.5 Å². The molecule has 0 saturated heterocycles. The van der Waals surface area contributed by atoms with Gasteiger partial charge in [0.25, 0.3) is 0 Å². The van der Waals surface area contributed by atoms with Gasteiger partial charge in [0.15, 0.2) is 0 Å². The molecule has 0 radical (unpaired) electrons. The number of hydrogen-bond donors (Lipinski definition) is 1. The van der Waals surface area contributed by atoms with Crippen molar-refractivity contribution in [2.45, 2.75) is 39.0 Å². The Morgan fingerprint density at radius 1 is 1.36 bits per heavy atom. The second-order valence-electron chi connectivity index (χ2n) is 3.40. The van der Waals surface area contributed by atoms with Crippen LogP contribution in [0, 0.1) is 0 Å². The van der Waals surface area contributed by atoms with E-state index in [2.05, 4.69) is 0 Å². The van der Waals surface area contributed by atoms with Gasteiger partial charge in [0.2, 0.25) is 0 Å². The second-order valence-corrected chi connectivity index (χ2v) is 3.40. The first-order valence-corrected chi connectivity index (χ1v) is 4.20. The minimum absolute atomic E-state index is 0.456. The molecule has 0 spiro atoms. The number of hydrogen-bond acceptors (Lipinski definition) is 2. The van der Waals surface area contributed by atoms with E-state index in [0.29, 0.717) is 0 Å². The van der Waals surface area contributed by atoms with E-state index in [0.717, 1.165) is 4.90 Å². The SMILES string of the molecule is CC(C)N(CC(F)(F)F)C(C)C(=O)O. The van der Waals surface area contributed by atoms with Gasteiger partial charge >= 0.3 is 12.1 Å². The summed E-state index contributed by atoms with van der Waals surface area (Å²) < 4.78 is 36.2. The molecule has 14 heavy (non-hydrogen) atoms. The average Bonchev–Trinajstić information content (AvgIpc) is 1.96. The predicted octanol–water partition coefficient (Wildman–Crippen LogP) is 1.73. The molecule has 1 unspecified atom stereocenters. The molecule has 0 aliphatic heterocycles. The minimum atomic E-state index is -4.37. The molecule has 0 aliphatic carbocycles. The van der Waals surface area contributed by atoms with Crippen molar-refractivity contribution in [2.24, 2.45) is 0 Å². The fourth-order valence-electron chi connectivity index (χ4n) is 1.12. The third-order valence-corrected chi connectivity index (χ3v) is 1.88. The molecule has 0 aromatic carbocycles. The van der Waals surface area contributed by atoms with Crippen molar-refractivity contribution >= 4 is 5.97 Å². The molecule has 0 aromatic rings. The molecule has 1 N–H and O–H groups in total. The molecule has 0 heterocycles. The van der Waals surface area contributed by atoms with Gasteiger partial charge in [0, 0.05) is 6.04 Å². The van der Waals surface area contributed by atoms with Crippen LogP contribution in [0.25, 0.3) is 0 Å². The van der Waals surface area contributed by atoms with Crippen molar-refractivity contribution in [3.63, 3.8) is 0 Å². The van der Waals surface area contributed by atoms with Crippen LogP contribution in [0.4, 0.5) is 13.2 Å². The number of nitrogens with zero attached hydrogens (tertiary/aromatic N) is 1. The molecule has 84 valence electrons. The van der Waals surface area contributed by atoms with E-state index in [-0.39, 0.29) is 0 Å². The lowest BCUT2D eigenvalue weighted by molar-refractivity contribution is -0.164.